The van der Waals surface area contributed by atoms with Gasteiger partial charge in [0.1, 0.15) is 0 Å². The second-order valence-electron chi connectivity index (χ2n) is 8.65. The Bertz CT molecular complexity index is 381. The molecule has 3 aliphatic rings. The van der Waals surface area contributed by atoms with E-state index < -0.39 is 0 Å². The van der Waals surface area contributed by atoms with E-state index in [-0.39, 0.29) is 11.5 Å². The summed E-state index contributed by atoms with van der Waals surface area (Å²) in [6.07, 6.45) is 9.20. The van der Waals surface area contributed by atoms with Crippen LogP contribution in [-0.4, -0.2) is 37.0 Å². The Labute approximate surface area is 129 Å². The van der Waals surface area contributed by atoms with Crippen LogP contribution in [0.2, 0.25) is 0 Å². The van der Waals surface area contributed by atoms with E-state index >= 15 is 0 Å². The van der Waals surface area contributed by atoms with Crippen LogP contribution in [0.25, 0.3) is 0 Å². The third-order valence-electron chi connectivity index (χ3n) is 6.15. The third-order valence-corrected chi connectivity index (χ3v) is 6.15. The van der Waals surface area contributed by atoms with Gasteiger partial charge in [-0.05, 0) is 62.3 Å². The Balaban J connectivity index is 1.67. The van der Waals surface area contributed by atoms with Crippen molar-refractivity contribution in [3.05, 3.63) is 0 Å². The number of nitrogens with zero attached hydrogens (tertiary/aromatic N) is 1. The summed E-state index contributed by atoms with van der Waals surface area (Å²) in [6.45, 7) is 6.58. The molecule has 3 nitrogen and oxygen atoms in total. The van der Waals surface area contributed by atoms with Crippen LogP contribution in [0.5, 0.6) is 0 Å². The zero-order chi connectivity index (χ0) is 15.0. The number of likely N-dealkylation sites (tertiary alicyclic amines) is 1. The summed E-state index contributed by atoms with van der Waals surface area (Å²) < 4.78 is 0. The molecule has 3 atom stereocenters. The second-order valence-corrected chi connectivity index (χ2v) is 8.65. The number of nitrogens with one attached hydrogen (secondary N) is 1. The van der Waals surface area contributed by atoms with E-state index in [1.165, 1.54) is 32.1 Å². The Morgan fingerprint density at radius 1 is 1.14 bits per heavy atom. The molecule has 0 aromatic carbocycles. The maximum Gasteiger partial charge on any atom is 0.239 e. The quantitative estimate of drug-likeness (QED) is 0.867. The van der Waals surface area contributed by atoms with Gasteiger partial charge < -0.3 is 10.2 Å². The van der Waals surface area contributed by atoms with Crippen LogP contribution in [0.3, 0.4) is 0 Å². The monoisotopic (exact) mass is 292 g/mol. The fraction of sp³-hybridized carbons (Fsp3) is 0.944. The molecule has 2 bridgehead atoms. The molecule has 3 fully saturated rings. The van der Waals surface area contributed by atoms with Crippen molar-refractivity contribution in [1.82, 2.24) is 10.2 Å². The summed E-state index contributed by atoms with van der Waals surface area (Å²) in [6, 6.07) is 0.0343. The smallest absolute Gasteiger partial charge is 0.239 e. The zero-order valence-corrected chi connectivity index (χ0v) is 14.0. The topological polar surface area (TPSA) is 32.3 Å². The van der Waals surface area contributed by atoms with Crippen LogP contribution < -0.4 is 5.32 Å². The van der Waals surface area contributed by atoms with Crippen LogP contribution in [0, 0.1) is 23.2 Å². The standard InChI is InChI=1S/C18H32N2O/c1-18(2)7-6-16(19-3)17(21)20(12-18)11-15-9-13-4-5-14(8-13)10-15/h13-16,19H,4-12H2,1-3H3. The van der Waals surface area contributed by atoms with Gasteiger partial charge >= 0.3 is 0 Å². The van der Waals surface area contributed by atoms with Gasteiger partial charge in [0.25, 0.3) is 0 Å². The number of fused-ring (bicyclic) bond motifs is 2. The molecule has 1 aliphatic heterocycles. The highest BCUT2D eigenvalue weighted by molar-refractivity contribution is 5.82. The number of hydrogen-bond donors (Lipinski definition) is 1. The predicted molar refractivity (Wildman–Crippen MR) is 86.0 cm³/mol. The van der Waals surface area contributed by atoms with E-state index in [1.807, 2.05) is 7.05 Å². The molecule has 1 saturated heterocycles. The van der Waals surface area contributed by atoms with E-state index in [4.69, 9.17) is 0 Å². The lowest BCUT2D eigenvalue weighted by molar-refractivity contribution is -0.134. The van der Waals surface area contributed by atoms with Crippen molar-refractivity contribution in [2.45, 2.75) is 64.8 Å². The predicted octanol–water partition coefficient (Wildman–Crippen LogP) is 3.05. The molecule has 0 aromatic heterocycles. The van der Waals surface area contributed by atoms with Crippen LogP contribution in [-0.2, 0) is 4.79 Å². The summed E-state index contributed by atoms with van der Waals surface area (Å²) in [5, 5.41) is 3.24. The Kier molecular flexibility index (Phi) is 4.31. The van der Waals surface area contributed by atoms with Crippen molar-refractivity contribution < 1.29 is 4.79 Å². The zero-order valence-electron chi connectivity index (χ0n) is 14.0. The van der Waals surface area contributed by atoms with Gasteiger partial charge in [-0.1, -0.05) is 26.7 Å². The maximum atomic E-state index is 12.8. The molecule has 0 spiro atoms. The van der Waals surface area contributed by atoms with Gasteiger partial charge in [0.15, 0.2) is 0 Å². The van der Waals surface area contributed by atoms with Crippen molar-refractivity contribution in [2.24, 2.45) is 23.2 Å². The van der Waals surface area contributed by atoms with Crippen molar-refractivity contribution in [3.63, 3.8) is 0 Å². The van der Waals surface area contributed by atoms with E-state index in [0.717, 1.165) is 43.7 Å². The Morgan fingerprint density at radius 2 is 1.81 bits per heavy atom. The molecule has 21 heavy (non-hydrogen) atoms. The van der Waals surface area contributed by atoms with E-state index in [1.54, 1.807) is 0 Å². The second kappa shape index (κ2) is 5.91. The minimum absolute atomic E-state index is 0.0343. The molecule has 1 N–H and O–H groups in total. The van der Waals surface area contributed by atoms with Gasteiger partial charge in [0.2, 0.25) is 5.91 Å². The molecule has 0 aromatic rings. The van der Waals surface area contributed by atoms with Crippen LogP contribution >= 0.6 is 0 Å². The van der Waals surface area contributed by atoms with Crippen LogP contribution in [0.1, 0.15) is 58.8 Å². The molecule has 3 rings (SSSR count). The highest BCUT2D eigenvalue weighted by Crippen LogP contribution is 2.45. The van der Waals surface area contributed by atoms with Gasteiger partial charge in [-0.25, -0.2) is 0 Å². The van der Waals surface area contributed by atoms with Crippen molar-refractivity contribution >= 4 is 5.91 Å². The number of carbonyl (C=O) groups is 1. The molecule has 2 aliphatic carbocycles. The van der Waals surface area contributed by atoms with E-state index in [2.05, 4.69) is 24.1 Å². The first-order valence-corrected chi connectivity index (χ1v) is 8.93. The summed E-state index contributed by atoms with van der Waals surface area (Å²) in [5.74, 6) is 3.03. The number of rotatable bonds is 3. The molecule has 2 saturated carbocycles. The molecular weight excluding hydrogens is 260 g/mol. The van der Waals surface area contributed by atoms with Gasteiger partial charge in [0, 0.05) is 13.1 Å². The molecule has 3 unspecified atom stereocenters. The van der Waals surface area contributed by atoms with Gasteiger partial charge in [0.05, 0.1) is 6.04 Å². The number of hydrogen-bond acceptors (Lipinski definition) is 2. The van der Waals surface area contributed by atoms with Gasteiger partial charge in [-0.15, -0.1) is 0 Å². The van der Waals surface area contributed by atoms with Gasteiger partial charge in [-0.3, -0.25) is 4.79 Å². The normalized spacial score (nSPS) is 39.4. The van der Waals surface area contributed by atoms with Crippen molar-refractivity contribution in [2.75, 3.05) is 20.1 Å². The fourth-order valence-corrected chi connectivity index (χ4v) is 5.08. The molecule has 0 radical (unpaired) electrons. The first-order chi connectivity index (χ1) is 9.97. The first kappa shape index (κ1) is 15.3. The SMILES string of the molecule is CNC1CCC(C)(C)CN(CC2CC3CCC(C3)C2)C1=O. The highest BCUT2D eigenvalue weighted by atomic mass is 16.2. The summed E-state index contributed by atoms with van der Waals surface area (Å²) >= 11 is 0. The highest BCUT2D eigenvalue weighted by Gasteiger charge is 2.38. The van der Waals surface area contributed by atoms with Gasteiger partial charge in [-0.2, -0.15) is 0 Å². The lowest BCUT2D eigenvalue weighted by Gasteiger charge is -2.36. The third kappa shape index (κ3) is 3.44. The van der Waals surface area contributed by atoms with Crippen LogP contribution in [0.4, 0.5) is 0 Å². The summed E-state index contributed by atoms with van der Waals surface area (Å²) in [4.78, 5) is 15.0. The lowest BCUT2D eigenvalue weighted by atomic mass is 9.80. The maximum absolute atomic E-state index is 12.8. The number of carbonyl (C=O) groups excluding carboxylic acids is 1. The first-order valence-electron chi connectivity index (χ1n) is 8.93. The minimum atomic E-state index is 0.0343. The average Bonchev–Trinajstić information content (AvgIpc) is 2.71. The minimum Gasteiger partial charge on any atom is -0.341 e. The molecular formula is C18H32N2O. The van der Waals surface area contributed by atoms with Crippen molar-refractivity contribution in [3.8, 4) is 0 Å². The average molecular weight is 292 g/mol. The summed E-state index contributed by atoms with van der Waals surface area (Å²) in [5.41, 5.74) is 0.259. The molecule has 120 valence electrons. The Morgan fingerprint density at radius 3 is 2.43 bits per heavy atom. The lowest BCUT2D eigenvalue weighted by Crippen LogP contribution is -2.47. The van der Waals surface area contributed by atoms with Crippen molar-refractivity contribution in [1.29, 1.82) is 0 Å². The van der Waals surface area contributed by atoms with E-state index in [9.17, 15) is 4.79 Å². The summed E-state index contributed by atoms with van der Waals surface area (Å²) in [7, 11) is 1.93. The molecule has 1 amide bonds. The number of amides is 1. The van der Waals surface area contributed by atoms with Crippen LogP contribution in [0.15, 0.2) is 0 Å². The molecule has 1 heterocycles. The Hall–Kier alpha value is -0.570. The number of likely N-dealkylation sites (N-methyl/N-ethyl adjacent to an activating group) is 1. The van der Waals surface area contributed by atoms with E-state index in [0.29, 0.717) is 5.91 Å². The molecule has 3 heteroatoms. The fourth-order valence-electron chi connectivity index (χ4n) is 5.08. The largest absolute Gasteiger partial charge is 0.341 e.